The molecule has 3 aromatic rings. The van der Waals surface area contributed by atoms with Gasteiger partial charge >= 0.3 is 11.9 Å². The predicted molar refractivity (Wildman–Crippen MR) is 209 cm³/mol. The molecular formula is C42H49N3O11S. The molecule has 304 valence electrons. The Morgan fingerprint density at radius 1 is 1.02 bits per heavy atom. The van der Waals surface area contributed by atoms with E-state index in [9.17, 15) is 19.8 Å². The molecule has 0 aliphatic carbocycles. The van der Waals surface area contributed by atoms with Crippen molar-refractivity contribution < 1.29 is 53.0 Å². The highest BCUT2D eigenvalue weighted by atomic mass is 32.2. The summed E-state index contributed by atoms with van der Waals surface area (Å²) >= 11 is 1.52. The lowest BCUT2D eigenvalue weighted by Gasteiger charge is -2.62. The third-order valence-electron chi connectivity index (χ3n) is 12.6. The predicted octanol–water partition coefficient (Wildman–Crippen LogP) is 4.49. The second-order valence-electron chi connectivity index (χ2n) is 16.1. The first-order valence-corrected chi connectivity index (χ1v) is 20.5. The average Bonchev–Trinajstić information content (AvgIpc) is 3.66. The number of aliphatic hydroxyl groups excluding tert-OH is 1. The van der Waals surface area contributed by atoms with Crippen LogP contribution in [-0.4, -0.2) is 103 Å². The second-order valence-corrected chi connectivity index (χ2v) is 17.2. The minimum absolute atomic E-state index is 0.00906. The van der Waals surface area contributed by atoms with Gasteiger partial charge in [-0.05, 0) is 82.0 Å². The molecule has 57 heavy (non-hydrogen) atoms. The molecule has 7 aliphatic heterocycles. The Morgan fingerprint density at radius 3 is 2.51 bits per heavy atom. The van der Waals surface area contributed by atoms with Crippen molar-refractivity contribution in [3.8, 4) is 40.2 Å². The lowest BCUT2D eigenvalue weighted by atomic mass is 9.73. The van der Waals surface area contributed by atoms with E-state index in [1.165, 1.54) is 25.8 Å². The fourth-order valence-electron chi connectivity index (χ4n) is 10.3. The van der Waals surface area contributed by atoms with Crippen LogP contribution in [0.15, 0.2) is 18.2 Å². The summed E-state index contributed by atoms with van der Waals surface area (Å²) in [5.74, 6) is 2.04. The molecule has 0 aromatic heterocycles. The summed E-state index contributed by atoms with van der Waals surface area (Å²) in [5, 5.41) is 26.5. The molecule has 0 amide bonds. The van der Waals surface area contributed by atoms with E-state index in [0.717, 1.165) is 27.8 Å². The number of likely N-dealkylation sites (N-methyl/N-ethyl adjacent to an activating group) is 1. The summed E-state index contributed by atoms with van der Waals surface area (Å²) in [6.45, 7) is 9.48. The molecule has 0 saturated carbocycles. The number of methoxy groups -OCH3 is 2. The van der Waals surface area contributed by atoms with E-state index in [-0.39, 0.29) is 48.8 Å². The van der Waals surface area contributed by atoms with Crippen LogP contribution in [0, 0.1) is 13.8 Å². The van der Waals surface area contributed by atoms with Crippen molar-refractivity contribution >= 4 is 23.7 Å². The molecule has 15 heteroatoms. The standard InChI is InChI=1S/C42H49N3O11S/c1-18(2)55-38-29-23(11-19(3)34(38)51-8)12-25-40(48)45-26-15-52-41(49)42(24-14-28(50-7)27(47)13-22(24)9-10-43-42)16-57-39(33(45)32(29)44(25)6)31-30(26)37-36(53-17-54-37)20(4)35(31)56-21(5)46/h11,13-14,18,25-26,32-33,39-40,43,47-48H,9-10,12,15-17H2,1-8H3/t25-,26-,32+,33?,39-,40+,42-/m1/s1. The average molecular weight is 804 g/mol. The monoisotopic (exact) mass is 803 g/mol. The van der Waals surface area contributed by atoms with Crippen LogP contribution in [0.5, 0.6) is 40.2 Å². The molecule has 2 fully saturated rings. The molecule has 3 aromatic carbocycles. The van der Waals surface area contributed by atoms with Crippen molar-refractivity contribution in [1.82, 2.24) is 15.1 Å². The molecular weight excluding hydrogens is 755 g/mol. The zero-order valence-corrected chi connectivity index (χ0v) is 34.2. The Morgan fingerprint density at radius 2 is 1.79 bits per heavy atom. The molecule has 1 spiro atoms. The van der Waals surface area contributed by atoms with Crippen LogP contribution >= 0.6 is 11.8 Å². The number of carbonyl (C=O) groups is 2. The van der Waals surface area contributed by atoms with Crippen LogP contribution < -0.4 is 33.7 Å². The molecule has 7 atom stereocenters. The number of fused-ring (bicyclic) bond motifs is 9. The highest BCUT2D eigenvalue weighted by Crippen LogP contribution is 2.64. The van der Waals surface area contributed by atoms with Crippen molar-refractivity contribution in [2.75, 3.05) is 47.0 Å². The van der Waals surface area contributed by atoms with Gasteiger partial charge in [-0.2, -0.15) is 0 Å². The Bertz CT molecular complexity index is 2200. The number of rotatable bonds is 5. The fourth-order valence-corrected chi connectivity index (χ4v) is 12.0. The highest BCUT2D eigenvalue weighted by molar-refractivity contribution is 7.99. The number of aliphatic hydroxyl groups is 1. The highest BCUT2D eigenvalue weighted by Gasteiger charge is 2.61. The SMILES string of the molecule is COc1cc2c(cc1O)CCN[C@]21CS[C@@H]2c3c(OC(C)=O)c(C)c4c(c3[C@@H](COC1=O)N1C2[C@@H]2c3c(cc(C)c(OC)c3OC(C)C)C[C@H]([C@@H]1O)N2C)OCO4. The van der Waals surface area contributed by atoms with Crippen molar-refractivity contribution in [2.24, 2.45) is 0 Å². The number of esters is 2. The Hall–Kier alpha value is -4.41. The van der Waals surface area contributed by atoms with Gasteiger partial charge in [0.15, 0.2) is 40.0 Å². The normalized spacial score (nSPS) is 28.6. The zero-order valence-electron chi connectivity index (χ0n) is 33.4. The topological polar surface area (TPSA) is 158 Å². The molecule has 14 nitrogen and oxygen atoms in total. The number of hydrogen-bond donors (Lipinski definition) is 3. The molecule has 3 N–H and O–H groups in total. The van der Waals surface area contributed by atoms with Crippen LogP contribution in [0.3, 0.4) is 0 Å². The van der Waals surface area contributed by atoms with Crippen LogP contribution in [0.25, 0.3) is 0 Å². The van der Waals surface area contributed by atoms with Crippen LogP contribution in [0.2, 0.25) is 0 Å². The number of aryl methyl sites for hydroxylation is 1. The van der Waals surface area contributed by atoms with E-state index < -0.39 is 41.0 Å². The largest absolute Gasteiger partial charge is 0.504 e. The number of benzene rings is 3. The first kappa shape index (κ1) is 38.1. The number of carbonyl (C=O) groups excluding carboxylic acids is 2. The van der Waals surface area contributed by atoms with Gasteiger partial charge in [0, 0.05) is 47.5 Å². The second kappa shape index (κ2) is 13.9. The molecule has 4 bridgehead atoms. The number of aromatic hydroxyl groups is 1. The Balaban J connectivity index is 1.33. The maximum absolute atomic E-state index is 14.8. The first-order chi connectivity index (χ1) is 27.3. The van der Waals surface area contributed by atoms with Crippen molar-refractivity contribution in [2.45, 2.75) is 94.7 Å². The molecule has 0 radical (unpaired) electrons. The number of nitrogens with one attached hydrogen (secondary N) is 1. The molecule has 7 aliphatic rings. The quantitative estimate of drug-likeness (QED) is 0.245. The van der Waals surface area contributed by atoms with Crippen molar-refractivity contribution in [1.29, 1.82) is 0 Å². The van der Waals surface area contributed by atoms with Crippen LogP contribution in [0.1, 0.15) is 82.6 Å². The Kier molecular flexibility index (Phi) is 9.27. The summed E-state index contributed by atoms with van der Waals surface area (Å²) in [6.07, 6.45) is -0.0631. The van der Waals surface area contributed by atoms with E-state index >= 15 is 0 Å². The molecule has 2 saturated heterocycles. The van der Waals surface area contributed by atoms with Crippen molar-refractivity contribution in [3.63, 3.8) is 0 Å². The minimum Gasteiger partial charge on any atom is -0.504 e. The smallest absolute Gasteiger partial charge is 0.331 e. The zero-order chi connectivity index (χ0) is 40.2. The van der Waals surface area contributed by atoms with E-state index in [1.54, 1.807) is 19.2 Å². The van der Waals surface area contributed by atoms with Crippen LogP contribution in [0.4, 0.5) is 0 Å². The van der Waals surface area contributed by atoms with E-state index in [0.29, 0.717) is 64.8 Å². The summed E-state index contributed by atoms with van der Waals surface area (Å²) in [6, 6.07) is 3.57. The number of thioether (sulfide) groups is 1. The third kappa shape index (κ3) is 5.52. The number of phenols is 1. The van der Waals surface area contributed by atoms with Crippen LogP contribution in [-0.2, 0) is 32.7 Å². The summed E-state index contributed by atoms with van der Waals surface area (Å²) in [7, 11) is 5.17. The molecule has 1 unspecified atom stereocenters. The number of piperazine rings is 1. The summed E-state index contributed by atoms with van der Waals surface area (Å²) < 4.78 is 43.2. The maximum Gasteiger partial charge on any atom is 0.331 e. The third-order valence-corrected chi connectivity index (χ3v) is 14.1. The van der Waals surface area contributed by atoms with Gasteiger partial charge < -0.3 is 43.4 Å². The number of nitrogens with zero attached hydrogens (tertiary/aromatic N) is 2. The van der Waals surface area contributed by atoms with Gasteiger partial charge in [-0.15, -0.1) is 11.8 Å². The van der Waals surface area contributed by atoms with Gasteiger partial charge in [-0.1, -0.05) is 6.07 Å². The van der Waals surface area contributed by atoms with E-state index in [4.69, 9.17) is 33.2 Å². The number of phenolic OH excluding ortho intramolecular Hbond substituents is 1. The van der Waals surface area contributed by atoms with E-state index in [1.807, 2.05) is 34.7 Å². The van der Waals surface area contributed by atoms with Gasteiger partial charge in [0.05, 0.1) is 43.7 Å². The lowest BCUT2D eigenvalue weighted by molar-refractivity contribution is -0.186. The van der Waals surface area contributed by atoms with Gasteiger partial charge in [-0.25, -0.2) is 4.79 Å². The molecule has 10 rings (SSSR count). The fraction of sp³-hybridized carbons (Fsp3) is 0.524. The van der Waals surface area contributed by atoms with Gasteiger partial charge in [0.25, 0.3) is 0 Å². The minimum atomic E-state index is -1.34. The first-order valence-electron chi connectivity index (χ1n) is 19.4. The van der Waals surface area contributed by atoms with E-state index in [2.05, 4.69) is 21.2 Å². The maximum atomic E-state index is 14.8. The summed E-state index contributed by atoms with van der Waals surface area (Å²) in [5.41, 5.74) is 5.10. The Labute approximate surface area is 335 Å². The van der Waals surface area contributed by atoms with Gasteiger partial charge in [-0.3, -0.25) is 19.9 Å². The summed E-state index contributed by atoms with van der Waals surface area (Å²) in [4.78, 5) is 32.2. The van der Waals surface area contributed by atoms with Crippen molar-refractivity contribution in [3.05, 3.63) is 62.7 Å². The number of ether oxygens (including phenoxy) is 7. The number of hydrogen-bond acceptors (Lipinski definition) is 15. The molecule has 7 heterocycles. The van der Waals surface area contributed by atoms with Gasteiger partial charge in [0.1, 0.15) is 18.6 Å². The van der Waals surface area contributed by atoms with Gasteiger partial charge in [0.2, 0.25) is 6.79 Å². The lowest BCUT2D eigenvalue weighted by Crippen LogP contribution is -2.70.